The van der Waals surface area contributed by atoms with Gasteiger partial charge in [-0.05, 0) is 35.7 Å². The van der Waals surface area contributed by atoms with Crippen molar-refractivity contribution in [2.24, 2.45) is 5.92 Å². The number of amides is 2. The van der Waals surface area contributed by atoms with Gasteiger partial charge in [-0.15, -0.1) is 0 Å². The lowest BCUT2D eigenvalue weighted by Crippen LogP contribution is -2.37. The zero-order chi connectivity index (χ0) is 22.3. The number of rotatable bonds is 9. The van der Waals surface area contributed by atoms with Crippen LogP contribution in [0.25, 0.3) is 0 Å². The van der Waals surface area contributed by atoms with E-state index < -0.39 is 10.1 Å². The molecule has 0 atom stereocenters. The summed E-state index contributed by atoms with van der Waals surface area (Å²) in [6.07, 6.45) is 0.989. The van der Waals surface area contributed by atoms with E-state index in [0.29, 0.717) is 30.3 Å². The van der Waals surface area contributed by atoms with Crippen LogP contribution in [0.3, 0.4) is 0 Å². The lowest BCUT2D eigenvalue weighted by atomic mass is 10.1. The summed E-state index contributed by atoms with van der Waals surface area (Å²) in [6, 6.07) is 11.5. The minimum absolute atomic E-state index is 0.226. The maximum absolute atomic E-state index is 13.0. The number of benzene rings is 2. The molecule has 9 heteroatoms. The summed E-state index contributed by atoms with van der Waals surface area (Å²) in [5.74, 6) is 1.60. The Hall–Kier alpha value is -2.94. The van der Waals surface area contributed by atoms with E-state index in [9.17, 15) is 13.2 Å². The third-order valence-corrected chi connectivity index (χ3v) is 4.56. The lowest BCUT2D eigenvalue weighted by molar-refractivity contribution is 0.201. The summed E-state index contributed by atoms with van der Waals surface area (Å²) < 4.78 is 37.9. The molecule has 0 aliphatic heterocycles. The number of ether oxygens (including phenoxy) is 2. The molecule has 2 amide bonds. The highest BCUT2D eigenvalue weighted by Gasteiger charge is 2.18. The van der Waals surface area contributed by atoms with Crippen LogP contribution in [0.1, 0.15) is 19.4 Å². The first kappa shape index (κ1) is 23.3. The smallest absolute Gasteiger partial charge is 0.322 e. The Labute approximate surface area is 177 Å². The predicted molar refractivity (Wildman–Crippen MR) is 116 cm³/mol. The van der Waals surface area contributed by atoms with Gasteiger partial charge >= 0.3 is 16.1 Å². The van der Waals surface area contributed by atoms with E-state index in [1.807, 2.05) is 13.8 Å². The molecule has 2 aromatic carbocycles. The molecule has 0 aromatic heterocycles. The Bertz CT molecular complexity index is 958. The highest BCUT2D eigenvalue weighted by Crippen LogP contribution is 2.29. The van der Waals surface area contributed by atoms with E-state index in [1.54, 1.807) is 54.5 Å². The average molecular weight is 437 g/mol. The van der Waals surface area contributed by atoms with Crippen LogP contribution in [0.15, 0.2) is 42.5 Å². The SMILES string of the molecule is COc1ccc(NC(=O)N(Cc2ccc(OS(C)(=O)=O)cc2)CC(C)C)c(OC)c1. The minimum Gasteiger partial charge on any atom is -0.497 e. The summed E-state index contributed by atoms with van der Waals surface area (Å²) in [6.45, 7) is 4.93. The number of carbonyl (C=O) groups is 1. The van der Waals surface area contributed by atoms with Crippen molar-refractivity contribution in [3.05, 3.63) is 48.0 Å². The molecular weight excluding hydrogens is 408 g/mol. The van der Waals surface area contributed by atoms with Crippen molar-refractivity contribution in [3.63, 3.8) is 0 Å². The van der Waals surface area contributed by atoms with Crippen LogP contribution in [0.4, 0.5) is 10.5 Å². The number of nitrogens with zero attached hydrogens (tertiary/aromatic N) is 1. The second kappa shape index (κ2) is 10.2. The Morgan fingerprint density at radius 3 is 2.20 bits per heavy atom. The first-order chi connectivity index (χ1) is 14.1. The molecule has 30 heavy (non-hydrogen) atoms. The van der Waals surface area contributed by atoms with Crippen molar-refractivity contribution >= 4 is 21.8 Å². The summed E-state index contributed by atoms with van der Waals surface area (Å²) in [5.41, 5.74) is 1.38. The molecule has 0 heterocycles. The van der Waals surface area contributed by atoms with Gasteiger partial charge in [-0.3, -0.25) is 0 Å². The number of anilines is 1. The van der Waals surface area contributed by atoms with Gasteiger partial charge in [-0.2, -0.15) is 8.42 Å². The third kappa shape index (κ3) is 7.14. The summed E-state index contributed by atoms with van der Waals surface area (Å²) in [4.78, 5) is 14.6. The normalized spacial score (nSPS) is 11.1. The monoisotopic (exact) mass is 436 g/mol. The fraction of sp³-hybridized carbons (Fsp3) is 0.381. The molecular formula is C21H28N2O6S. The topological polar surface area (TPSA) is 94.2 Å². The van der Waals surface area contributed by atoms with Crippen LogP contribution in [-0.2, 0) is 16.7 Å². The summed E-state index contributed by atoms with van der Waals surface area (Å²) in [5, 5.41) is 2.88. The minimum atomic E-state index is -3.58. The quantitative estimate of drug-likeness (QED) is 0.602. The van der Waals surface area contributed by atoms with Gasteiger partial charge < -0.3 is 23.9 Å². The van der Waals surface area contributed by atoms with Crippen LogP contribution in [0.5, 0.6) is 17.2 Å². The highest BCUT2D eigenvalue weighted by atomic mass is 32.2. The maximum Gasteiger partial charge on any atom is 0.322 e. The van der Waals surface area contributed by atoms with Gasteiger partial charge in [0.05, 0.1) is 26.2 Å². The largest absolute Gasteiger partial charge is 0.497 e. The number of methoxy groups -OCH3 is 2. The fourth-order valence-electron chi connectivity index (χ4n) is 2.80. The highest BCUT2D eigenvalue weighted by molar-refractivity contribution is 7.86. The molecule has 0 aliphatic rings. The molecule has 2 aromatic rings. The van der Waals surface area contributed by atoms with Crippen molar-refractivity contribution in [2.45, 2.75) is 20.4 Å². The molecule has 0 saturated heterocycles. The molecule has 0 spiro atoms. The van der Waals surface area contributed by atoms with E-state index in [2.05, 4.69) is 5.32 Å². The summed E-state index contributed by atoms with van der Waals surface area (Å²) >= 11 is 0. The lowest BCUT2D eigenvalue weighted by Gasteiger charge is -2.25. The fourth-order valence-corrected chi connectivity index (χ4v) is 3.26. The van der Waals surface area contributed by atoms with Crippen LogP contribution in [-0.4, -0.2) is 46.4 Å². The molecule has 2 rings (SSSR count). The molecule has 0 fully saturated rings. The molecule has 0 aliphatic carbocycles. The molecule has 0 bridgehead atoms. The van der Waals surface area contributed by atoms with Gasteiger partial charge in [0, 0.05) is 19.2 Å². The predicted octanol–water partition coefficient (Wildman–Crippen LogP) is 3.73. The zero-order valence-electron chi connectivity index (χ0n) is 17.8. The van der Waals surface area contributed by atoms with Crippen LogP contribution < -0.4 is 19.0 Å². The zero-order valence-corrected chi connectivity index (χ0v) is 18.7. The standard InChI is InChI=1S/C21H28N2O6S/c1-15(2)13-23(14-16-6-8-17(9-7-16)29-30(5,25)26)21(24)22-19-11-10-18(27-3)12-20(19)28-4/h6-12,15H,13-14H2,1-5H3,(H,22,24). The van der Waals surface area contributed by atoms with E-state index in [-0.39, 0.29) is 17.7 Å². The number of carbonyl (C=O) groups excluding carboxylic acids is 1. The van der Waals surface area contributed by atoms with Gasteiger partial charge in [-0.1, -0.05) is 26.0 Å². The van der Waals surface area contributed by atoms with Crippen LogP contribution in [0, 0.1) is 5.92 Å². The number of hydrogen-bond donors (Lipinski definition) is 1. The molecule has 0 radical (unpaired) electrons. The first-order valence-electron chi connectivity index (χ1n) is 9.37. The average Bonchev–Trinajstić information content (AvgIpc) is 2.67. The van der Waals surface area contributed by atoms with Gasteiger partial charge in [0.2, 0.25) is 0 Å². The number of hydrogen-bond acceptors (Lipinski definition) is 6. The van der Waals surface area contributed by atoms with Crippen molar-refractivity contribution in [1.29, 1.82) is 0 Å². The van der Waals surface area contributed by atoms with Gasteiger partial charge in [0.15, 0.2) is 0 Å². The Kier molecular flexibility index (Phi) is 7.93. The Morgan fingerprint density at radius 2 is 1.67 bits per heavy atom. The molecule has 0 unspecified atom stereocenters. The molecule has 8 nitrogen and oxygen atoms in total. The second-order valence-corrected chi connectivity index (χ2v) is 8.78. The molecule has 1 N–H and O–H groups in total. The molecule has 0 saturated carbocycles. The van der Waals surface area contributed by atoms with Gasteiger partial charge in [0.25, 0.3) is 0 Å². The Balaban J connectivity index is 2.16. The van der Waals surface area contributed by atoms with Crippen molar-refractivity contribution < 1.29 is 26.9 Å². The second-order valence-electron chi connectivity index (χ2n) is 7.20. The Morgan fingerprint density at radius 1 is 1.03 bits per heavy atom. The van der Waals surface area contributed by atoms with E-state index in [1.165, 1.54) is 7.11 Å². The van der Waals surface area contributed by atoms with Gasteiger partial charge in [0.1, 0.15) is 17.2 Å². The van der Waals surface area contributed by atoms with E-state index in [0.717, 1.165) is 11.8 Å². The number of urea groups is 1. The van der Waals surface area contributed by atoms with Crippen molar-refractivity contribution in [1.82, 2.24) is 4.90 Å². The number of nitrogens with one attached hydrogen (secondary N) is 1. The first-order valence-corrected chi connectivity index (χ1v) is 11.2. The van der Waals surface area contributed by atoms with Crippen molar-refractivity contribution in [3.8, 4) is 17.2 Å². The van der Waals surface area contributed by atoms with Crippen LogP contribution in [0.2, 0.25) is 0 Å². The van der Waals surface area contributed by atoms with Gasteiger partial charge in [-0.25, -0.2) is 4.79 Å². The van der Waals surface area contributed by atoms with E-state index >= 15 is 0 Å². The summed E-state index contributed by atoms with van der Waals surface area (Å²) in [7, 11) is -0.501. The third-order valence-electron chi connectivity index (χ3n) is 4.07. The maximum atomic E-state index is 13.0. The van der Waals surface area contributed by atoms with Crippen molar-refractivity contribution in [2.75, 3.05) is 32.3 Å². The molecule has 164 valence electrons. The van der Waals surface area contributed by atoms with Crippen LogP contribution >= 0.6 is 0 Å². The van der Waals surface area contributed by atoms with E-state index in [4.69, 9.17) is 13.7 Å².